The molecule has 0 aliphatic rings. The summed E-state index contributed by atoms with van der Waals surface area (Å²) >= 11 is 0. The topological polar surface area (TPSA) is 55.4 Å². The molecule has 0 amide bonds. The van der Waals surface area contributed by atoms with Crippen LogP contribution in [0, 0.1) is 5.92 Å². The van der Waals surface area contributed by atoms with Crippen LogP contribution in [-0.4, -0.2) is 33.4 Å². The molecule has 0 heterocycles. The maximum atomic E-state index is 11.5. The molecule has 0 saturated carbocycles. The van der Waals surface area contributed by atoms with Gasteiger partial charge in [0, 0.05) is 12.6 Å². The van der Waals surface area contributed by atoms with Crippen molar-refractivity contribution in [1.29, 1.82) is 0 Å². The lowest BCUT2D eigenvalue weighted by Crippen LogP contribution is -2.42. The smallest absolute Gasteiger partial charge is 0.211 e. The second kappa shape index (κ2) is 7.19. The van der Waals surface area contributed by atoms with Gasteiger partial charge in [-0.3, -0.25) is 0 Å². The number of sulfonamides is 1. The Kier molecular flexibility index (Phi) is 7.13. The first-order valence-corrected chi connectivity index (χ1v) is 7.15. The van der Waals surface area contributed by atoms with Crippen LogP contribution in [0.15, 0.2) is 0 Å². The number of hydrogen-bond acceptors (Lipinski definition) is 3. The van der Waals surface area contributed by atoms with Crippen LogP contribution >= 0.6 is 0 Å². The third kappa shape index (κ3) is 6.87. The summed E-state index contributed by atoms with van der Waals surface area (Å²) in [6.07, 6.45) is 0.634. The first-order valence-electron chi connectivity index (χ1n) is 5.50. The van der Waals surface area contributed by atoms with E-state index in [1.54, 1.807) is 0 Å². The predicted octanol–water partition coefficient (Wildman–Crippen LogP) is 1.38. The maximum Gasteiger partial charge on any atom is 0.211 e. The average Bonchev–Trinajstić information content (AvgIpc) is 2.11. The monoisotopic (exact) mass is 237 g/mol. The van der Waals surface area contributed by atoms with Gasteiger partial charge in [0.15, 0.2) is 0 Å². The molecule has 0 saturated heterocycles. The standard InChI is InChI=1S/C10H23NO3S/c1-5-7-15(12,13)11-10(9(3)4)8-14-6-2/h9-11H,5-8H2,1-4H3. The first kappa shape index (κ1) is 14.9. The third-order valence-electron chi connectivity index (χ3n) is 2.11. The normalized spacial score (nSPS) is 14.5. The van der Waals surface area contributed by atoms with Gasteiger partial charge < -0.3 is 4.74 Å². The van der Waals surface area contributed by atoms with Crippen molar-refractivity contribution in [3.05, 3.63) is 0 Å². The summed E-state index contributed by atoms with van der Waals surface area (Å²) in [5, 5.41) is 0. The Hall–Kier alpha value is -0.130. The third-order valence-corrected chi connectivity index (χ3v) is 3.72. The molecule has 5 heteroatoms. The van der Waals surface area contributed by atoms with E-state index < -0.39 is 10.0 Å². The highest BCUT2D eigenvalue weighted by molar-refractivity contribution is 7.89. The molecule has 4 nitrogen and oxygen atoms in total. The molecule has 0 aliphatic carbocycles. The molecule has 0 aromatic rings. The average molecular weight is 237 g/mol. The molecule has 0 aromatic heterocycles. The van der Waals surface area contributed by atoms with Crippen molar-refractivity contribution in [3.8, 4) is 0 Å². The van der Waals surface area contributed by atoms with E-state index in [0.29, 0.717) is 19.6 Å². The minimum Gasteiger partial charge on any atom is -0.380 e. The van der Waals surface area contributed by atoms with Crippen LogP contribution < -0.4 is 4.72 Å². The maximum absolute atomic E-state index is 11.5. The lowest BCUT2D eigenvalue weighted by atomic mass is 10.1. The molecule has 0 radical (unpaired) electrons. The van der Waals surface area contributed by atoms with Crippen LogP contribution in [0.4, 0.5) is 0 Å². The summed E-state index contributed by atoms with van der Waals surface area (Å²) in [5.74, 6) is 0.422. The van der Waals surface area contributed by atoms with Gasteiger partial charge >= 0.3 is 0 Å². The Morgan fingerprint density at radius 1 is 1.27 bits per heavy atom. The molecule has 0 bridgehead atoms. The van der Waals surface area contributed by atoms with Gasteiger partial charge in [-0.1, -0.05) is 20.8 Å². The summed E-state index contributed by atoms with van der Waals surface area (Å²) in [4.78, 5) is 0. The zero-order valence-electron chi connectivity index (χ0n) is 10.1. The second-order valence-electron chi connectivity index (χ2n) is 3.95. The number of rotatable bonds is 8. The summed E-state index contributed by atoms with van der Waals surface area (Å²) in [6, 6.07) is -0.124. The molecule has 0 aliphatic heterocycles. The van der Waals surface area contributed by atoms with Gasteiger partial charge in [0.2, 0.25) is 10.0 Å². The molecule has 1 N–H and O–H groups in total. The van der Waals surface area contributed by atoms with E-state index in [4.69, 9.17) is 4.74 Å². The second-order valence-corrected chi connectivity index (χ2v) is 5.82. The predicted molar refractivity (Wildman–Crippen MR) is 62.3 cm³/mol. The highest BCUT2D eigenvalue weighted by Gasteiger charge is 2.19. The Morgan fingerprint density at radius 3 is 2.27 bits per heavy atom. The Labute approximate surface area is 93.4 Å². The van der Waals surface area contributed by atoms with E-state index in [2.05, 4.69) is 4.72 Å². The van der Waals surface area contributed by atoms with Gasteiger partial charge in [0.25, 0.3) is 0 Å². The molecule has 0 fully saturated rings. The fraction of sp³-hybridized carbons (Fsp3) is 1.00. The van der Waals surface area contributed by atoms with Crippen LogP contribution in [0.2, 0.25) is 0 Å². The van der Waals surface area contributed by atoms with E-state index in [-0.39, 0.29) is 17.7 Å². The van der Waals surface area contributed by atoms with Crippen LogP contribution in [-0.2, 0) is 14.8 Å². The Balaban J connectivity index is 4.27. The molecule has 1 atom stereocenters. The molecule has 1 unspecified atom stereocenters. The van der Waals surface area contributed by atoms with Gasteiger partial charge in [-0.15, -0.1) is 0 Å². The van der Waals surface area contributed by atoms with E-state index >= 15 is 0 Å². The van der Waals surface area contributed by atoms with Gasteiger partial charge in [-0.2, -0.15) is 0 Å². The highest BCUT2D eigenvalue weighted by Crippen LogP contribution is 2.04. The fourth-order valence-corrected chi connectivity index (χ4v) is 2.62. The minimum absolute atomic E-state index is 0.124. The zero-order valence-corrected chi connectivity index (χ0v) is 10.9. The van der Waals surface area contributed by atoms with E-state index in [9.17, 15) is 8.42 Å². The summed E-state index contributed by atoms with van der Waals surface area (Å²) in [7, 11) is -3.14. The fourth-order valence-electron chi connectivity index (χ4n) is 1.17. The first-order chi connectivity index (χ1) is 6.93. The van der Waals surface area contributed by atoms with Crippen molar-refractivity contribution in [2.45, 2.75) is 40.2 Å². The Bertz CT molecular complexity index is 249. The van der Waals surface area contributed by atoms with Crippen LogP contribution in [0.25, 0.3) is 0 Å². The van der Waals surface area contributed by atoms with Crippen LogP contribution in [0.3, 0.4) is 0 Å². The number of nitrogens with one attached hydrogen (secondary N) is 1. The van der Waals surface area contributed by atoms with Crippen LogP contribution in [0.1, 0.15) is 34.1 Å². The molecule has 0 rings (SSSR count). The molecule has 0 spiro atoms. The minimum atomic E-state index is -3.14. The molecule has 15 heavy (non-hydrogen) atoms. The van der Waals surface area contributed by atoms with Crippen LogP contribution in [0.5, 0.6) is 0 Å². The van der Waals surface area contributed by atoms with Crippen molar-refractivity contribution in [1.82, 2.24) is 4.72 Å². The molecular formula is C10H23NO3S. The van der Waals surface area contributed by atoms with E-state index in [0.717, 1.165) is 0 Å². The lowest BCUT2D eigenvalue weighted by Gasteiger charge is -2.21. The SMILES string of the molecule is CCCS(=O)(=O)NC(COCC)C(C)C. The quantitative estimate of drug-likeness (QED) is 0.694. The van der Waals surface area contributed by atoms with Crippen molar-refractivity contribution in [2.24, 2.45) is 5.92 Å². The summed E-state index contributed by atoms with van der Waals surface area (Å²) in [5.41, 5.74) is 0. The lowest BCUT2D eigenvalue weighted by molar-refractivity contribution is 0.116. The van der Waals surface area contributed by atoms with Gasteiger partial charge in [0.1, 0.15) is 0 Å². The Morgan fingerprint density at radius 2 is 1.87 bits per heavy atom. The van der Waals surface area contributed by atoms with Gasteiger partial charge in [0.05, 0.1) is 12.4 Å². The summed E-state index contributed by atoms with van der Waals surface area (Å²) in [6.45, 7) is 8.77. The zero-order chi connectivity index (χ0) is 11.9. The molecule has 0 aromatic carbocycles. The van der Waals surface area contributed by atoms with Crippen molar-refractivity contribution in [3.63, 3.8) is 0 Å². The van der Waals surface area contributed by atoms with Crippen molar-refractivity contribution < 1.29 is 13.2 Å². The highest BCUT2D eigenvalue weighted by atomic mass is 32.2. The molecule has 92 valence electrons. The van der Waals surface area contributed by atoms with E-state index in [1.807, 2.05) is 27.7 Å². The van der Waals surface area contributed by atoms with Gasteiger partial charge in [-0.25, -0.2) is 13.1 Å². The number of ether oxygens (including phenoxy) is 1. The van der Waals surface area contributed by atoms with E-state index in [1.165, 1.54) is 0 Å². The van der Waals surface area contributed by atoms with Crippen molar-refractivity contribution >= 4 is 10.0 Å². The molecular weight excluding hydrogens is 214 g/mol. The van der Waals surface area contributed by atoms with Gasteiger partial charge in [-0.05, 0) is 19.3 Å². The number of hydrogen-bond donors (Lipinski definition) is 1. The largest absolute Gasteiger partial charge is 0.380 e. The van der Waals surface area contributed by atoms with Crippen molar-refractivity contribution in [2.75, 3.05) is 19.0 Å². The summed E-state index contributed by atoms with van der Waals surface area (Å²) < 4.78 is 31.0.